The molecule has 1 aromatic heterocycles. The quantitative estimate of drug-likeness (QED) is 0.723. The highest BCUT2D eigenvalue weighted by Gasteiger charge is 2.35. The maximum absolute atomic E-state index is 12.1. The van der Waals surface area contributed by atoms with E-state index in [4.69, 9.17) is 0 Å². The minimum atomic E-state index is -0.211. The summed E-state index contributed by atoms with van der Waals surface area (Å²) in [7, 11) is 0. The molecule has 1 fully saturated rings. The second-order valence-electron chi connectivity index (χ2n) is 5.81. The van der Waals surface area contributed by atoms with Gasteiger partial charge in [-0.15, -0.1) is 11.3 Å². The molecule has 0 aliphatic heterocycles. The summed E-state index contributed by atoms with van der Waals surface area (Å²) in [5, 5.41) is 18.1. The van der Waals surface area contributed by atoms with Gasteiger partial charge in [-0.2, -0.15) is 0 Å². The molecule has 0 spiro atoms. The van der Waals surface area contributed by atoms with Crippen LogP contribution >= 0.6 is 11.3 Å². The van der Waals surface area contributed by atoms with E-state index in [9.17, 15) is 9.90 Å². The van der Waals surface area contributed by atoms with E-state index in [1.165, 1.54) is 0 Å². The predicted molar refractivity (Wildman–Crippen MR) is 79.6 cm³/mol. The number of aromatic nitrogens is 1. The lowest BCUT2D eigenvalue weighted by molar-refractivity contribution is 0.203. The highest BCUT2D eigenvalue weighted by molar-refractivity contribution is 7.09. The number of hydrogen-bond acceptors (Lipinski definition) is 4. The largest absolute Gasteiger partial charge is 0.394 e. The van der Waals surface area contributed by atoms with Crippen molar-refractivity contribution in [1.82, 2.24) is 15.6 Å². The van der Waals surface area contributed by atoms with Crippen LogP contribution in [0.2, 0.25) is 0 Å². The van der Waals surface area contributed by atoms with Crippen LogP contribution in [-0.2, 0) is 0 Å². The smallest absolute Gasteiger partial charge is 0.315 e. The van der Waals surface area contributed by atoms with E-state index < -0.39 is 0 Å². The molecule has 1 aliphatic carbocycles. The number of aliphatic hydroxyl groups is 1. The third-order valence-corrected chi connectivity index (χ3v) is 4.27. The summed E-state index contributed by atoms with van der Waals surface area (Å²) in [5.41, 5.74) is 0. The van der Waals surface area contributed by atoms with Crippen LogP contribution in [0.4, 0.5) is 4.79 Å². The van der Waals surface area contributed by atoms with Crippen molar-refractivity contribution >= 4 is 17.4 Å². The first-order chi connectivity index (χ1) is 9.60. The first-order valence-corrected chi connectivity index (χ1v) is 8.05. The fourth-order valence-corrected chi connectivity index (χ4v) is 3.10. The first kappa shape index (κ1) is 15.3. The number of carbonyl (C=O) groups excluding carboxylic acids is 1. The van der Waals surface area contributed by atoms with E-state index in [1.807, 2.05) is 5.38 Å². The van der Waals surface area contributed by atoms with Gasteiger partial charge in [0, 0.05) is 11.6 Å². The van der Waals surface area contributed by atoms with Crippen molar-refractivity contribution in [2.75, 3.05) is 6.61 Å². The molecular weight excluding hydrogens is 274 g/mol. The molecule has 1 saturated carbocycles. The number of nitrogens with one attached hydrogen (secondary N) is 2. The second kappa shape index (κ2) is 7.04. The molecule has 2 atom stereocenters. The molecule has 0 bridgehead atoms. The maximum atomic E-state index is 12.1. The van der Waals surface area contributed by atoms with E-state index in [1.54, 1.807) is 17.5 Å². The van der Waals surface area contributed by atoms with Gasteiger partial charge >= 0.3 is 6.03 Å². The highest BCUT2D eigenvalue weighted by Crippen LogP contribution is 2.41. The molecule has 1 aliphatic rings. The molecule has 2 amide bonds. The van der Waals surface area contributed by atoms with Crippen molar-refractivity contribution in [3.8, 4) is 0 Å². The van der Waals surface area contributed by atoms with Gasteiger partial charge in [0.2, 0.25) is 0 Å². The minimum absolute atomic E-state index is 0.00777. The molecule has 112 valence electrons. The normalized spacial score (nSPS) is 17.8. The van der Waals surface area contributed by atoms with Gasteiger partial charge in [-0.25, -0.2) is 9.78 Å². The standard InChI is InChI=1S/C14H23N3O2S/c1-9(2)7-11(8-18)16-14(19)17-12(10-3-4-10)13-15-5-6-20-13/h5-6,9-12,18H,3-4,7-8H2,1-2H3,(H2,16,17,19). The van der Waals surface area contributed by atoms with Gasteiger partial charge in [-0.3, -0.25) is 0 Å². The van der Waals surface area contributed by atoms with Gasteiger partial charge in [0.25, 0.3) is 0 Å². The van der Waals surface area contributed by atoms with Crippen LogP contribution in [-0.4, -0.2) is 28.8 Å². The molecule has 1 heterocycles. The number of nitrogens with zero attached hydrogens (tertiary/aromatic N) is 1. The van der Waals surface area contributed by atoms with Gasteiger partial charge < -0.3 is 15.7 Å². The second-order valence-corrected chi connectivity index (χ2v) is 6.74. The maximum Gasteiger partial charge on any atom is 0.315 e. The molecule has 6 heteroatoms. The summed E-state index contributed by atoms with van der Waals surface area (Å²) in [6.45, 7) is 4.12. The number of aliphatic hydroxyl groups excluding tert-OH is 1. The Balaban J connectivity index is 1.88. The molecular formula is C14H23N3O2S. The van der Waals surface area contributed by atoms with Gasteiger partial charge in [0.15, 0.2) is 0 Å². The van der Waals surface area contributed by atoms with Crippen LogP contribution in [0.15, 0.2) is 11.6 Å². The molecule has 0 saturated heterocycles. The summed E-state index contributed by atoms with van der Waals surface area (Å²) >= 11 is 1.57. The van der Waals surface area contributed by atoms with Gasteiger partial charge in [0.05, 0.1) is 18.7 Å². The van der Waals surface area contributed by atoms with Crippen LogP contribution in [0, 0.1) is 11.8 Å². The van der Waals surface area contributed by atoms with Crippen LogP contribution < -0.4 is 10.6 Å². The first-order valence-electron chi connectivity index (χ1n) is 7.17. The Morgan fingerprint density at radius 1 is 1.50 bits per heavy atom. The molecule has 5 nitrogen and oxygen atoms in total. The summed E-state index contributed by atoms with van der Waals surface area (Å²) in [6, 6.07) is -0.392. The summed E-state index contributed by atoms with van der Waals surface area (Å²) in [6.07, 6.45) is 4.82. The van der Waals surface area contributed by atoms with E-state index in [-0.39, 0.29) is 24.7 Å². The lowest BCUT2D eigenvalue weighted by Crippen LogP contribution is -2.45. The lowest BCUT2D eigenvalue weighted by atomic mass is 10.0. The van der Waals surface area contributed by atoms with Gasteiger partial charge in [-0.1, -0.05) is 13.8 Å². The van der Waals surface area contributed by atoms with Crippen LogP contribution in [0.3, 0.4) is 0 Å². The zero-order valence-electron chi connectivity index (χ0n) is 12.0. The molecule has 2 rings (SSSR count). The van der Waals surface area contributed by atoms with E-state index in [0.29, 0.717) is 11.8 Å². The molecule has 1 aromatic rings. The summed E-state index contributed by atoms with van der Waals surface area (Å²) in [5.74, 6) is 0.940. The number of carbonyl (C=O) groups is 1. The predicted octanol–water partition coefficient (Wildman–Crippen LogP) is 2.30. The van der Waals surface area contributed by atoms with Crippen molar-refractivity contribution in [2.45, 2.75) is 45.2 Å². The Kier molecular flexibility index (Phi) is 5.37. The third-order valence-electron chi connectivity index (χ3n) is 3.41. The Morgan fingerprint density at radius 3 is 2.75 bits per heavy atom. The SMILES string of the molecule is CC(C)CC(CO)NC(=O)NC(c1nccs1)C1CC1. The van der Waals surface area contributed by atoms with Gasteiger partial charge in [-0.05, 0) is 31.1 Å². The van der Waals surface area contributed by atoms with Crippen LogP contribution in [0.5, 0.6) is 0 Å². The number of thiazole rings is 1. The Hall–Kier alpha value is -1.14. The summed E-state index contributed by atoms with van der Waals surface area (Å²) < 4.78 is 0. The Morgan fingerprint density at radius 2 is 2.25 bits per heavy atom. The molecule has 0 radical (unpaired) electrons. The van der Waals surface area contributed by atoms with Crippen molar-refractivity contribution < 1.29 is 9.90 Å². The number of urea groups is 1. The number of rotatable bonds is 7. The Labute approximate surface area is 123 Å². The summed E-state index contributed by atoms with van der Waals surface area (Å²) in [4.78, 5) is 16.4. The zero-order valence-corrected chi connectivity index (χ0v) is 12.8. The van der Waals surface area contributed by atoms with Crippen molar-refractivity contribution in [3.05, 3.63) is 16.6 Å². The molecule has 0 aromatic carbocycles. The average molecular weight is 297 g/mol. The minimum Gasteiger partial charge on any atom is -0.394 e. The lowest BCUT2D eigenvalue weighted by Gasteiger charge is -2.21. The van der Waals surface area contributed by atoms with Gasteiger partial charge in [0.1, 0.15) is 5.01 Å². The highest BCUT2D eigenvalue weighted by atomic mass is 32.1. The van der Waals surface area contributed by atoms with Crippen LogP contribution in [0.1, 0.15) is 44.2 Å². The zero-order chi connectivity index (χ0) is 14.5. The van der Waals surface area contributed by atoms with Crippen molar-refractivity contribution in [1.29, 1.82) is 0 Å². The fourth-order valence-electron chi connectivity index (χ4n) is 2.32. The average Bonchev–Trinajstić information content (AvgIpc) is 3.09. The molecule has 20 heavy (non-hydrogen) atoms. The van der Waals surface area contributed by atoms with Crippen molar-refractivity contribution in [2.24, 2.45) is 11.8 Å². The molecule has 3 N–H and O–H groups in total. The fraction of sp³-hybridized carbons (Fsp3) is 0.714. The number of amides is 2. The monoisotopic (exact) mass is 297 g/mol. The topological polar surface area (TPSA) is 74.2 Å². The Bertz CT molecular complexity index is 418. The molecule has 2 unspecified atom stereocenters. The van der Waals surface area contributed by atoms with Crippen LogP contribution in [0.25, 0.3) is 0 Å². The van der Waals surface area contributed by atoms with E-state index in [2.05, 4.69) is 29.5 Å². The number of hydrogen-bond donors (Lipinski definition) is 3. The van der Waals surface area contributed by atoms with E-state index in [0.717, 1.165) is 24.3 Å². The van der Waals surface area contributed by atoms with E-state index >= 15 is 0 Å². The van der Waals surface area contributed by atoms with Crippen molar-refractivity contribution in [3.63, 3.8) is 0 Å². The third kappa shape index (κ3) is 4.45.